The summed E-state index contributed by atoms with van der Waals surface area (Å²) in [6, 6.07) is 19.7. The number of amides is 1. The Bertz CT molecular complexity index is 1220. The normalized spacial score (nSPS) is 10.8. The number of fused-ring (bicyclic) bond motifs is 1. The van der Waals surface area contributed by atoms with Gasteiger partial charge in [-0.25, -0.2) is 4.98 Å². The van der Waals surface area contributed by atoms with Crippen LogP contribution in [0.3, 0.4) is 0 Å². The molecule has 0 saturated carbocycles. The first-order chi connectivity index (χ1) is 16.3. The molecule has 0 spiro atoms. The second kappa shape index (κ2) is 11.1. The summed E-state index contributed by atoms with van der Waals surface area (Å²) in [5.41, 5.74) is 3.76. The van der Waals surface area contributed by atoms with Gasteiger partial charge in [-0.1, -0.05) is 36.4 Å². The third-order valence-corrected chi connectivity index (χ3v) is 5.41. The molecule has 33 heavy (non-hydrogen) atoms. The van der Waals surface area contributed by atoms with Crippen molar-refractivity contribution >= 4 is 16.9 Å². The van der Waals surface area contributed by atoms with Crippen LogP contribution in [0.25, 0.3) is 11.0 Å². The van der Waals surface area contributed by atoms with Crippen molar-refractivity contribution in [3.8, 4) is 5.75 Å². The first-order valence-electron chi connectivity index (χ1n) is 11.2. The number of hydrogen-bond donors (Lipinski definition) is 1. The second-order valence-corrected chi connectivity index (χ2v) is 7.72. The molecule has 0 saturated heterocycles. The van der Waals surface area contributed by atoms with Crippen LogP contribution in [-0.4, -0.2) is 33.6 Å². The van der Waals surface area contributed by atoms with E-state index in [1.807, 2.05) is 42.5 Å². The predicted molar refractivity (Wildman–Crippen MR) is 130 cm³/mol. The average molecular weight is 441 g/mol. The molecular formula is C27H28N4O2. The largest absolute Gasteiger partial charge is 0.493 e. The van der Waals surface area contributed by atoms with E-state index in [1.165, 1.54) is 0 Å². The number of nitrogens with zero attached hydrogens (tertiary/aromatic N) is 3. The Kier molecular flexibility index (Phi) is 7.48. The number of imidazole rings is 1. The molecule has 2 aromatic heterocycles. The van der Waals surface area contributed by atoms with Gasteiger partial charge >= 0.3 is 0 Å². The van der Waals surface area contributed by atoms with E-state index in [9.17, 15) is 4.79 Å². The Morgan fingerprint density at radius 3 is 2.79 bits per heavy atom. The molecule has 2 heterocycles. The Morgan fingerprint density at radius 1 is 1.09 bits per heavy atom. The molecule has 4 rings (SSSR count). The van der Waals surface area contributed by atoms with Crippen LogP contribution >= 0.6 is 0 Å². The van der Waals surface area contributed by atoms with Crippen molar-refractivity contribution in [2.45, 2.75) is 25.8 Å². The van der Waals surface area contributed by atoms with Crippen molar-refractivity contribution in [2.24, 2.45) is 0 Å². The highest BCUT2D eigenvalue weighted by molar-refractivity contribution is 5.93. The van der Waals surface area contributed by atoms with Crippen LogP contribution in [0.15, 0.2) is 85.7 Å². The molecule has 6 nitrogen and oxygen atoms in total. The minimum Gasteiger partial charge on any atom is -0.493 e. The molecule has 0 unspecified atom stereocenters. The van der Waals surface area contributed by atoms with Crippen LogP contribution in [0.5, 0.6) is 5.75 Å². The number of carbonyl (C=O) groups is 1. The van der Waals surface area contributed by atoms with E-state index in [-0.39, 0.29) is 5.91 Å². The van der Waals surface area contributed by atoms with Crippen LogP contribution in [0.4, 0.5) is 0 Å². The zero-order valence-electron chi connectivity index (χ0n) is 18.6. The van der Waals surface area contributed by atoms with Gasteiger partial charge in [-0.15, -0.1) is 6.58 Å². The second-order valence-electron chi connectivity index (χ2n) is 7.72. The van der Waals surface area contributed by atoms with E-state index in [1.54, 1.807) is 24.5 Å². The van der Waals surface area contributed by atoms with Crippen molar-refractivity contribution < 1.29 is 9.53 Å². The van der Waals surface area contributed by atoms with Gasteiger partial charge in [0.15, 0.2) is 0 Å². The molecule has 0 aliphatic rings. The standard InChI is InChI=1S/C27H28N4O2/c1-2-9-21-10-3-6-14-25(21)33-19-8-18-31-24-13-5-4-12-23(24)30-26(31)15-17-29-27(32)22-11-7-16-28-20-22/h2-7,10-14,16,20H,1,8-9,15,17-19H2,(H,29,32). The molecule has 0 atom stereocenters. The Hall–Kier alpha value is -3.93. The number of carbonyl (C=O) groups excluding carboxylic acids is 1. The Morgan fingerprint density at radius 2 is 1.94 bits per heavy atom. The van der Waals surface area contributed by atoms with Gasteiger partial charge in [-0.3, -0.25) is 9.78 Å². The Balaban J connectivity index is 1.38. The van der Waals surface area contributed by atoms with Crippen molar-refractivity contribution in [3.63, 3.8) is 0 Å². The van der Waals surface area contributed by atoms with Crippen molar-refractivity contribution in [2.75, 3.05) is 13.2 Å². The fourth-order valence-electron chi connectivity index (χ4n) is 3.83. The highest BCUT2D eigenvalue weighted by Gasteiger charge is 2.12. The fourth-order valence-corrected chi connectivity index (χ4v) is 3.83. The lowest BCUT2D eigenvalue weighted by atomic mass is 10.1. The number of ether oxygens (including phenoxy) is 1. The summed E-state index contributed by atoms with van der Waals surface area (Å²) in [5.74, 6) is 1.73. The highest BCUT2D eigenvalue weighted by Crippen LogP contribution is 2.20. The van der Waals surface area contributed by atoms with Gasteiger partial charge in [0.1, 0.15) is 11.6 Å². The van der Waals surface area contributed by atoms with Gasteiger partial charge in [0.2, 0.25) is 0 Å². The summed E-state index contributed by atoms with van der Waals surface area (Å²) in [6.07, 6.45) is 7.39. The summed E-state index contributed by atoms with van der Waals surface area (Å²) >= 11 is 0. The maximum Gasteiger partial charge on any atom is 0.252 e. The van der Waals surface area contributed by atoms with Gasteiger partial charge < -0.3 is 14.6 Å². The summed E-state index contributed by atoms with van der Waals surface area (Å²) < 4.78 is 8.28. The first-order valence-corrected chi connectivity index (χ1v) is 11.2. The number of rotatable bonds is 11. The summed E-state index contributed by atoms with van der Waals surface area (Å²) in [5, 5.41) is 2.96. The number of allylic oxidation sites excluding steroid dienone is 1. The topological polar surface area (TPSA) is 69.0 Å². The quantitative estimate of drug-likeness (QED) is 0.273. The SMILES string of the molecule is C=CCc1ccccc1OCCCn1c(CCNC(=O)c2cccnc2)nc2ccccc21. The molecule has 6 heteroatoms. The van der Waals surface area contributed by atoms with Crippen molar-refractivity contribution in [3.05, 3.63) is 103 Å². The minimum absolute atomic E-state index is 0.127. The lowest BCUT2D eigenvalue weighted by Crippen LogP contribution is -2.26. The first kappa shape index (κ1) is 22.3. The van der Waals surface area contributed by atoms with Gasteiger partial charge in [0.05, 0.1) is 23.2 Å². The van der Waals surface area contributed by atoms with Crippen molar-refractivity contribution in [1.29, 1.82) is 0 Å². The molecule has 1 amide bonds. The zero-order valence-corrected chi connectivity index (χ0v) is 18.6. The zero-order chi connectivity index (χ0) is 22.9. The van der Waals surface area contributed by atoms with Crippen LogP contribution in [0, 0.1) is 0 Å². The molecular weight excluding hydrogens is 412 g/mol. The number of aromatic nitrogens is 3. The molecule has 0 aliphatic heterocycles. The smallest absolute Gasteiger partial charge is 0.252 e. The summed E-state index contributed by atoms with van der Waals surface area (Å²) in [6.45, 7) is 5.72. The molecule has 0 radical (unpaired) electrons. The lowest BCUT2D eigenvalue weighted by Gasteiger charge is -2.12. The van der Waals surface area contributed by atoms with Gasteiger partial charge in [0.25, 0.3) is 5.91 Å². The summed E-state index contributed by atoms with van der Waals surface area (Å²) in [7, 11) is 0. The third kappa shape index (κ3) is 5.66. The minimum atomic E-state index is -0.127. The van der Waals surface area contributed by atoms with Crippen LogP contribution in [0.1, 0.15) is 28.2 Å². The maximum absolute atomic E-state index is 12.3. The van der Waals surface area contributed by atoms with Crippen LogP contribution in [0.2, 0.25) is 0 Å². The number of pyridine rings is 1. The molecule has 0 fully saturated rings. The van der Waals surface area contributed by atoms with E-state index in [2.05, 4.69) is 33.6 Å². The molecule has 168 valence electrons. The molecule has 1 N–H and O–H groups in total. The van der Waals surface area contributed by atoms with E-state index in [0.29, 0.717) is 25.1 Å². The van der Waals surface area contributed by atoms with E-state index >= 15 is 0 Å². The number of nitrogens with one attached hydrogen (secondary N) is 1. The lowest BCUT2D eigenvalue weighted by molar-refractivity contribution is 0.0953. The number of benzene rings is 2. The summed E-state index contributed by atoms with van der Waals surface area (Å²) in [4.78, 5) is 21.1. The predicted octanol–water partition coefficient (Wildman–Crippen LogP) is 4.60. The van der Waals surface area contributed by atoms with E-state index in [0.717, 1.165) is 47.6 Å². The Labute approximate surface area is 194 Å². The van der Waals surface area contributed by atoms with E-state index < -0.39 is 0 Å². The van der Waals surface area contributed by atoms with Crippen molar-refractivity contribution in [1.82, 2.24) is 19.9 Å². The third-order valence-electron chi connectivity index (χ3n) is 5.41. The monoisotopic (exact) mass is 440 g/mol. The average Bonchev–Trinajstić information content (AvgIpc) is 3.20. The number of hydrogen-bond acceptors (Lipinski definition) is 4. The van der Waals surface area contributed by atoms with Crippen LogP contribution < -0.4 is 10.1 Å². The molecule has 0 aliphatic carbocycles. The van der Waals surface area contributed by atoms with E-state index in [4.69, 9.17) is 9.72 Å². The number of para-hydroxylation sites is 3. The maximum atomic E-state index is 12.3. The van der Waals surface area contributed by atoms with Gasteiger partial charge in [-0.2, -0.15) is 0 Å². The highest BCUT2D eigenvalue weighted by atomic mass is 16.5. The molecule has 4 aromatic rings. The molecule has 2 aromatic carbocycles. The van der Waals surface area contributed by atoms with Gasteiger partial charge in [-0.05, 0) is 48.7 Å². The fraction of sp³-hybridized carbons (Fsp3) is 0.222. The van der Waals surface area contributed by atoms with Crippen LogP contribution in [-0.2, 0) is 19.4 Å². The number of aryl methyl sites for hydroxylation is 1. The van der Waals surface area contributed by atoms with Gasteiger partial charge in [0, 0.05) is 31.9 Å². The molecule has 0 bridgehead atoms.